The van der Waals surface area contributed by atoms with Gasteiger partial charge in [-0.15, -0.1) is 10.2 Å². The summed E-state index contributed by atoms with van der Waals surface area (Å²) in [6.45, 7) is 22.2. The van der Waals surface area contributed by atoms with Crippen molar-refractivity contribution in [3.8, 4) is 0 Å². The summed E-state index contributed by atoms with van der Waals surface area (Å²) >= 11 is 11.0. The minimum absolute atomic E-state index is 0. The molecule has 0 N–H and O–H groups in total. The average Bonchev–Trinajstić information content (AvgIpc) is 1.58. The zero-order valence-electron chi connectivity index (χ0n) is 56.8. The number of benzene rings is 8. The van der Waals surface area contributed by atoms with Crippen LogP contribution in [-0.4, -0.2) is 37.5 Å². The molecule has 99 heavy (non-hydrogen) atoms. The maximum Gasteiger partial charge on any atom is 0.762 e. The normalized spacial score (nSPS) is 17.7. The molecule has 0 fully saturated rings. The maximum atomic E-state index is 9.67. The quantitative estimate of drug-likeness (QED) is 0.0638. The molecule has 5 aliphatic rings. The van der Waals surface area contributed by atoms with Crippen LogP contribution in [-0.2, 0) is 17.4 Å². The Labute approximate surface area is 594 Å². The Morgan fingerprint density at radius 2 is 1.13 bits per heavy atom. The van der Waals surface area contributed by atoms with Crippen molar-refractivity contribution in [2.75, 3.05) is 34.3 Å². The molecule has 0 atom stereocenters. The smallest absolute Gasteiger partial charge is 0.762 e. The molecule has 9 aromatic rings. The van der Waals surface area contributed by atoms with E-state index in [0.29, 0.717) is 0 Å². The van der Waals surface area contributed by atoms with Gasteiger partial charge in [0.15, 0.2) is 5.71 Å². The number of aromatic nitrogens is 1. The molecule has 8 aromatic carbocycles. The van der Waals surface area contributed by atoms with Crippen molar-refractivity contribution in [3.05, 3.63) is 284 Å². The van der Waals surface area contributed by atoms with Crippen molar-refractivity contribution in [2.45, 2.75) is 110 Å². The molecule has 14 rings (SSSR count). The lowest BCUT2D eigenvalue weighted by molar-refractivity contribution is -2.00. The van der Waals surface area contributed by atoms with E-state index in [2.05, 4.69) is 310 Å². The third-order valence-electron chi connectivity index (χ3n) is 18.8. The molecule has 4 heterocycles. The van der Waals surface area contributed by atoms with Gasteiger partial charge in [-0.3, -0.25) is 12.9 Å². The van der Waals surface area contributed by atoms with E-state index in [9.17, 15) is 12.9 Å². The number of anilines is 4. The maximum absolute atomic E-state index is 9.67. The summed E-state index contributed by atoms with van der Waals surface area (Å²) < 4.78 is 69.2. The van der Waals surface area contributed by atoms with Crippen molar-refractivity contribution in [2.24, 2.45) is 0 Å². The van der Waals surface area contributed by atoms with Gasteiger partial charge in [0.05, 0.1) is 21.8 Å². The largest absolute Gasteiger partial charge is 1.00 e. The van der Waals surface area contributed by atoms with Crippen LogP contribution < -0.4 is 42.6 Å². The van der Waals surface area contributed by atoms with E-state index in [1.54, 1.807) is 0 Å². The number of halogens is 6. The molecule has 9 nitrogen and oxygen atoms in total. The summed E-state index contributed by atoms with van der Waals surface area (Å²) in [7, 11) is -8.61. The summed E-state index contributed by atoms with van der Waals surface area (Å²) in [5.74, 6) is 0. The van der Waals surface area contributed by atoms with Gasteiger partial charge in [-0.2, -0.15) is 9.14 Å². The van der Waals surface area contributed by atoms with Crippen LogP contribution in [0.25, 0.3) is 37.8 Å². The minimum atomic E-state index is -4.94. The fourth-order valence-corrected chi connectivity index (χ4v) is 17.1. The molecule has 0 unspecified atom stereocenters. The van der Waals surface area contributed by atoms with E-state index in [-0.39, 0.29) is 15.5 Å². The Kier molecular flexibility index (Phi) is 23.7. The zero-order valence-corrected chi connectivity index (χ0v) is 60.0. The zero-order chi connectivity index (χ0) is 69.5. The lowest BCUT2D eigenvalue weighted by atomic mass is 9.78. The number of aryl methyl sites for hydroxylation is 1. The van der Waals surface area contributed by atoms with Gasteiger partial charge in [0.25, 0.3) is 5.01 Å². The molecule has 0 saturated carbocycles. The Balaban J connectivity index is 0.000000189. The van der Waals surface area contributed by atoms with Crippen LogP contribution in [0.2, 0.25) is 0 Å². The molecule has 0 spiro atoms. The third kappa shape index (κ3) is 15.8. The van der Waals surface area contributed by atoms with Crippen molar-refractivity contribution < 1.29 is 55.7 Å². The molecular formula is C81H80BCl2F4N5O4S2. The van der Waals surface area contributed by atoms with Crippen molar-refractivity contribution >= 4 is 114 Å². The number of allylic oxidation sites excluding steroid dienone is 13. The van der Waals surface area contributed by atoms with Crippen LogP contribution in [0.3, 0.4) is 0 Å². The lowest BCUT2D eigenvalue weighted by Crippen LogP contribution is -3.00. The molecule has 1 aromatic heterocycles. The van der Waals surface area contributed by atoms with Crippen LogP contribution >= 0.6 is 34.7 Å². The molecule has 3 aliphatic heterocycles. The molecule has 2 aliphatic carbocycles. The van der Waals surface area contributed by atoms with Gasteiger partial charge in [-0.1, -0.05) is 182 Å². The summed E-state index contributed by atoms with van der Waals surface area (Å²) in [4.78, 5) is 8.68. The average molecular weight is 1410 g/mol. The second kappa shape index (κ2) is 31.9. The monoisotopic (exact) mass is 1410 g/mol. The van der Waals surface area contributed by atoms with Crippen LogP contribution in [0.1, 0.15) is 104 Å². The van der Waals surface area contributed by atoms with Gasteiger partial charge in [-0.25, -0.2) is 18.6 Å². The van der Waals surface area contributed by atoms with Gasteiger partial charge < -0.3 is 19.4 Å². The van der Waals surface area contributed by atoms with Crippen LogP contribution in [0.4, 0.5) is 41.4 Å². The van der Waals surface area contributed by atoms with E-state index in [1.807, 2.05) is 23.1 Å². The van der Waals surface area contributed by atoms with E-state index < -0.39 is 17.8 Å². The SMILES string of the molecule is CCN1C(=C/C=C2\CCC(C=Cc3sc4ccccc4[n+]3CC)=C2N(c2ccccc2)c2ccccc2)Sc2ccccc21.CCN1C(=CC=C2CCCC(C=CC3=[N+](CC)c4ccc5ccccc5c4C3(C)C)=C2Cl)C(C)(C)c2c1ccc1ccccc21.FB(F)F.[F-].[O-][Cl+3]([O-])([O-])[O-]. The molecule has 0 radical (unpaired) electrons. The summed E-state index contributed by atoms with van der Waals surface area (Å²) in [5, 5.41) is 8.78. The lowest BCUT2D eigenvalue weighted by Gasteiger charge is -2.28. The fourth-order valence-electron chi connectivity index (χ4n) is 14.6. The molecule has 510 valence electrons. The van der Waals surface area contributed by atoms with Crippen LogP contribution in [0.5, 0.6) is 0 Å². The number of thioether (sulfide) groups is 1. The highest BCUT2D eigenvalue weighted by atomic mass is 35.7. The van der Waals surface area contributed by atoms with Gasteiger partial charge in [0.2, 0.25) is 11.2 Å². The third-order valence-corrected chi connectivity index (χ3v) is 21.5. The molecule has 0 amide bonds. The second-order valence-corrected chi connectivity index (χ2v) is 28.5. The highest BCUT2D eigenvalue weighted by Gasteiger charge is 2.45. The molecule has 0 bridgehead atoms. The van der Waals surface area contributed by atoms with Crippen LogP contribution in [0.15, 0.2) is 273 Å². The number of rotatable bonds is 13. The van der Waals surface area contributed by atoms with Crippen molar-refractivity contribution in [1.82, 2.24) is 0 Å². The number of nitrogens with zero attached hydrogens (tertiary/aromatic N) is 5. The Morgan fingerprint density at radius 1 is 0.566 bits per heavy atom. The number of thiazole rings is 1. The first-order valence-corrected chi connectivity index (χ1v) is 36.6. The van der Waals surface area contributed by atoms with E-state index in [0.717, 1.165) is 63.3 Å². The number of hydrogen-bond donors (Lipinski definition) is 0. The second-order valence-electron chi connectivity index (χ2n) is 25.3. The van der Waals surface area contributed by atoms with Crippen LogP contribution in [0, 0.1) is 10.2 Å². The Hall–Kier alpha value is -8.29. The van der Waals surface area contributed by atoms with Crippen molar-refractivity contribution in [1.29, 1.82) is 0 Å². The first-order valence-electron chi connectivity index (χ1n) is 33.3. The standard InChI is InChI=1S/C42H44ClN2.C39H36N3S2.BF3.ClHO4.FH/c1-7-44-34-24-20-28-14-9-11-18-32(28)38(34)41(3,4)36(44)26-22-30-16-13-17-31(40(30)43)23-27-37-42(5,6)39-33-19-12-10-15-29(33)21-25-35(39)45(37)8-2;1-3-40-33-19-11-13-21-35(33)43-37(40)27-25-29-23-24-30(26-28-38-41(4-2)34-20-12-14-22-36(34)44-38)39(29)42(31-15-7-5-8-16-31)32-17-9-6-10-18-32;2-1(3)4;2-1(3,4)5;/h9-12,14-15,18-27H,7-8,13,16-17H2,1-6H3;5-22,25-28H,3-4,23-24H2,1-2H3;;(H,2,3,4,5);1H/q2*+1;;;/p-2. The fraction of sp³-hybridized carbons (Fsp3) is 0.235. The summed E-state index contributed by atoms with van der Waals surface area (Å²) in [6, 6.07) is 65.7. The predicted octanol–water partition coefficient (Wildman–Crippen LogP) is 14.9. The predicted molar refractivity (Wildman–Crippen MR) is 393 cm³/mol. The Bertz CT molecular complexity index is 4680. The van der Waals surface area contributed by atoms with E-state index in [1.165, 1.54) is 126 Å². The molecule has 0 saturated heterocycles. The molecular weight excluding hydrogens is 1330 g/mol. The summed E-state index contributed by atoms with van der Waals surface area (Å²) in [6.07, 6.45) is 23.8. The summed E-state index contributed by atoms with van der Waals surface area (Å²) in [5.41, 5.74) is 19.4. The number of likely N-dealkylation sites (N-methyl/N-ethyl adjacent to an activating group) is 1. The first-order chi connectivity index (χ1) is 47.2. The number of fused-ring (bicyclic) bond motifs is 8. The minimum Gasteiger partial charge on any atom is -1.00 e. The van der Waals surface area contributed by atoms with E-state index in [4.69, 9.17) is 30.2 Å². The first kappa shape index (κ1) is 73.4. The Morgan fingerprint density at radius 3 is 1.77 bits per heavy atom. The van der Waals surface area contributed by atoms with Gasteiger partial charge in [0.1, 0.15) is 17.8 Å². The van der Waals surface area contributed by atoms with Crippen molar-refractivity contribution in [3.63, 3.8) is 0 Å². The number of hydrogen-bond acceptors (Lipinski definition) is 9. The molecule has 18 heteroatoms. The van der Waals surface area contributed by atoms with E-state index >= 15 is 0 Å². The number of para-hydroxylation sites is 4. The highest BCUT2D eigenvalue weighted by molar-refractivity contribution is 8.03. The van der Waals surface area contributed by atoms with Gasteiger partial charge in [-0.05, 0) is 196 Å². The van der Waals surface area contributed by atoms with Gasteiger partial charge in [0, 0.05) is 81.0 Å². The topological polar surface area (TPSA) is 109 Å². The highest BCUT2D eigenvalue weighted by Crippen LogP contribution is 2.52. The van der Waals surface area contributed by atoms with Gasteiger partial charge >= 0.3 is 7.54 Å².